The van der Waals surface area contributed by atoms with Gasteiger partial charge in [-0.2, -0.15) is 5.10 Å². The molecule has 0 aliphatic rings. The number of carbonyl (C=O) groups excluding carboxylic acids is 2. The Morgan fingerprint density at radius 2 is 1.75 bits per heavy atom. The number of hydrogen-bond acceptors (Lipinski definition) is 3. The molecule has 2 aromatic carbocycles. The van der Waals surface area contributed by atoms with Crippen LogP contribution in [0.2, 0.25) is 0 Å². The van der Waals surface area contributed by atoms with Crippen LogP contribution in [0.3, 0.4) is 0 Å². The summed E-state index contributed by atoms with van der Waals surface area (Å²) >= 11 is 3.34. The topological polar surface area (TPSA) is 70.6 Å². The van der Waals surface area contributed by atoms with Gasteiger partial charge in [0.1, 0.15) is 6.42 Å². The average molecular weight is 388 g/mol. The Hall–Kier alpha value is -2.47. The highest BCUT2D eigenvalue weighted by Gasteiger charge is 2.09. The van der Waals surface area contributed by atoms with E-state index in [-0.39, 0.29) is 12.3 Å². The maximum absolute atomic E-state index is 11.9. The first-order chi connectivity index (χ1) is 11.4. The molecule has 0 atom stereocenters. The van der Waals surface area contributed by atoms with Crippen LogP contribution in [0, 0.1) is 13.8 Å². The number of nitrogens with zero attached hydrogens (tertiary/aromatic N) is 1. The first kappa shape index (κ1) is 17.9. The standard InChI is InChI=1S/C18H18BrN3O2/c1-12-3-8-16(9-13(12)2)21-17(23)10-18(24)22-20-11-14-4-6-15(19)7-5-14/h3-9,11H,10H2,1-2H3,(H,21,23)(H,22,24). The molecule has 0 radical (unpaired) electrons. The lowest BCUT2D eigenvalue weighted by Crippen LogP contribution is -2.24. The highest BCUT2D eigenvalue weighted by molar-refractivity contribution is 9.10. The van der Waals surface area contributed by atoms with E-state index in [1.165, 1.54) is 6.21 Å². The molecule has 24 heavy (non-hydrogen) atoms. The van der Waals surface area contributed by atoms with Crippen molar-refractivity contribution in [2.45, 2.75) is 20.3 Å². The van der Waals surface area contributed by atoms with E-state index >= 15 is 0 Å². The second-order valence-corrected chi connectivity index (χ2v) is 6.28. The average Bonchev–Trinajstić information content (AvgIpc) is 2.53. The van der Waals surface area contributed by atoms with Crippen LogP contribution in [0.1, 0.15) is 23.1 Å². The van der Waals surface area contributed by atoms with Gasteiger partial charge in [0.05, 0.1) is 6.21 Å². The number of aryl methyl sites for hydroxylation is 2. The molecule has 0 saturated carbocycles. The molecule has 2 aromatic rings. The Bertz CT molecular complexity index is 770. The van der Waals surface area contributed by atoms with Gasteiger partial charge in [0, 0.05) is 10.2 Å². The maximum atomic E-state index is 11.9. The van der Waals surface area contributed by atoms with Crippen LogP contribution < -0.4 is 10.7 Å². The highest BCUT2D eigenvalue weighted by Crippen LogP contribution is 2.14. The van der Waals surface area contributed by atoms with Crippen molar-refractivity contribution in [2.24, 2.45) is 5.10 Å². The zero-order chi connectivity index (χ0) is 17.5. The summed E-state index contributed by atoms with van der Waals surface area (Å²) in [6, 6.07) is 13.1. The number of halogens is 1. The van der Waals surface area contributed by atoms with Crippen molar-refractivity contribution in [2.75, 3.05) is 5.32 Å². The Morgan fingerprint density at radius 1 is 1.04 bits per heavy atom. The first-order valence-corrected chi connectivity index (χ1v) is 8.18. The molecule has 6 heteroatoms. The van der Waals surface area contributed by atoms with Gasteiger partial charge in [0.15, 0.2) is 0 Å². The Balaban J connectivity index is 1.81. The molecular weight excluding hydrogens is 370 g/mol. The van der Waals surface area contributed by atoms with Crippen molar-refractivity contribution in [3.05, 3.63) is 63.6 Å². The van der Waals surface area contributed by atoms with E-state index in [2.05, 4.69) is 31.8 Å². The van der Waals surface area contributed by atoms with Gasteiger partial charge in [-0.05, 0) is 54.8 Å². The molecule has 2 amide bonds. The molecule has 124 valence electrons. The smallest absolute Gasteiger partial charge is 0.249 e. The Kier molecular flexibility index (Phi) is 6.26. The minimum absolute atomic E-state index is 0.287. The Labute approximate surface area is 149 Å². The lowest BCUT2D eigenvalue weighted by Gasteiger charge is -2.07. The zero-order valence-corrected chi connectivity index (χ0v) is 15.1. The van der Waals surface area contributed by atoms with Gasteiger partial charge < -0.3 is 5.32 Å². The van der Waals surface area contributed by atoms with Gasteiger partial charge in [-0.1, -0.05) is 34.1 Å². The van der Waals surface area contributed by atoms with E-state index in [0.29, 0.717) is 5.69 Å². The van der Waals surface area contributed by atoms with Crippen molar-refractivity contribution in [3.63, 3.8) is 0 Å². The van der Waals surface area contributed by atoms with Crippen LogP contribution in [0.5, 0.6) is 0 Å². The van der Waals surface area contributed by atoms with Gasteiger partial charge in [0.2, 0.25) is 11.8 Å². The summed E-state index contributed by atoms with van der Waals surface area (Å²) in [7, 11) is 0. The number of hydrazone groups is 1. The SMILES string of the molecule is Cc1ccc(NC(=O)CC(=O)NN=Cc2ccc(Br)cc2)cc1C. The summed E-state index contributed by atoms with van der Waals surface area (Å²) in [5.74, 6) is -0.848. The summed E-state index contributed by atoms with van der Waals surface area (Å²) in [6.45, 7) is 3.96. The first-order valence-electron chi connectivity index (χ1n) is 7.38. The third-order valence-electron chi connectivity index (χ3n) is 3.38. The molecule has 0 aliphatic heterocycles. The van der Waals surface area contributed by atoms with Crippen molar-refractivity contribution < 1.29 is 9.59 Å². The molecular formula is C18H18BrN3O2. The van der Waals surface area contributed by atoms with E-state index < -0.39 is 5.91 Å². The zero-order valence-electron chi connectivity index (χ0n) is 13.5. The summed E-state index contributed by atoms with van der Waals surface area (Å²) in [5.41, 5.74) is 6.09. The van der Waals surface area contributed by atoms with Crippen LogP contribution in [0.15, 0.2) is 52.0 Å². The Morgan fingerprint density at radius 3 is 2.42 bits per heavy atom. The second kappa shape index (κ2) is 8.40. The van der Waals surface area contributed by atoms with E-state index in [9.17, 15) is 9.59 Å². The molecule has 0 unspecified atom stereocenters. The van der Waals surface area contributed by atoms with Gasteiger partial charge >= 0.3 is 0 Å². The normalized spacial score (nSPS) is 10.6. The van der Waals surface area contributed by atoms with E-state index in [1.807, 2.05) is 56.3 Å². The van der Waals surface area contributed by atoms with Crippen molar-refractivity contribution in [1.29, 1.82) is 0 Å². The fourth-order valence-electron chi connectivity index (χ4n) is 1.94. The quantitative estimate of drug-likeness (QED) is 0.467. The number of amides is 2. The second-order valence-electron chi connectivity index (χ2n) is 5.37. The lowest BCUT2D eigenvalue weighted by atomic mass is 10.1. The predicted molar refractivity (Wildman–Crippen MR) is 99.0 cm³/mol. The molecule has 2 rings (SSSR count). The van der Waals surface area contributed by atoms with Crippen LogP contribution in [0.4, 0.5) is 5.69 Å². The summed E-state index contributed by atoms with van der Waals surface area (Å²) < 4.78 is 0.965. The number of rotatable bonds is 5. The highest BCUT2D eigenvalue weighted by atomic mass is 79.9. The summed E-state index contributed by atoms with van der Waals surface area (Å²) in [4.78, 5) is 23.6. The van der Waals surface area contributed by atoms with Crippen LogP contribution in [-0.2, 0) is 9.59 Å². The van der Waals surface area contributed by atoms with E-state index in [4.69, 9.17) is 0 Å². The number of anilines is 1. The minimum Gasteiger partial charge on any atom is -0.326 e. The molecule has 2 N–H and O–H groups in total. The fraction of sp³-hybridized carbons (Fsp3) is 0.167. The van der Waals surface area contributed by atoms with Gasteiger partial charge in [-0.25, -0.2) is 5.43 Å². The lowest BCUT2D eigenvalue weighted by molar-refractivity contribution is -0.126. The van der Waals surface area contributed by atoms with Crippen molar-refractivity contribution in [3.8, 4) is 0 Å². The monoisotopic (exact) mass is 387 g/mol. The van der Waals surface area contributed by atoms with Crippen molar-refractivity contribution in [1.82, 2.24) is 5.43 Å². The molecule has 5 nitrogen and oxygen atoms in total. The van der Waals surface area contributed by atoms with Gasteiger partial charge in [0.25, 0.3) is 0 Å². The minimum atomic E-state index is -0.468. The maximum Gasteiger partial charge on any atom is 0.249 e. The number of benzene rings is 2. The van der Waals surface area contributed by atoms with Crippen LogP contribution in [0.25, 0.3) is 0 Å². The molecule has 0 spiro atoms. The molecule has 0 saturated heterocycles. The van der Waals surface area contributed by atoms with E-state index in [0.717, 1.165) is 21.2 Å². The van der Waals surface area contributed by atoms with Gasteiger partial charge in [-0.3, -0.25) is 9.59 Å². The largest absolute Gasteiger partial charge is 0.326 e. The predicted octanol–water partition coefficient (Wildman–Crippen LogP) is 3.54. The van der Waals surface area contributed by atoms with Crippen LogP contribution >= 0.6 is 15.9 Å². The summed E-state index contributed by atoms with van der Waals surface area (Å²) in [5, 5.41) is 6.54. The number of carbonyl (C=O) groups is 2. The number of hydrogen-bond donors (Lipinski definition) is 2. The van der Waals surface area contributed by atoms with E-state index in [1.54, 1.807) is 0 Å². The molecule has 0 fully saturated rings. The number of nitrogens with one attached hydrogen (secondary N) is 2. The van der Waals surface area contributed by atoms with Gasteiger partial charge in [-0.15, -0.1) is 0 Å². The molecule has 0 aromatic heterocycles. The van der Waals surface area contributed by atoms with Crippen LogP contribution in [-0.4, -0.2) is 18.0 Å². The summed E-state index contributed by atoms with van der Waals surface area (Å²) in [6.07, 6.45) is 1.23. The third kappa shape index (κ3) is 5.62. The third-order valence-corrected chi connectivity index (χ3v) is 3.91. The molecule has 0 heterocycles. The molecule has 0 bridgehead atoms. The van der Waals surface area contributed by atoms with Crippen molar-refractivity contribution >= 4 is 39.6 Å². The fourth-order valence-corrected chi connectivity index (χ4v) is 2.20. The molecule has 0 aliphatic carbocycles.